The second-order valence-electron chi connectivity index (χ2n) is 4.98. The number of hydrogen-bond acceptors (Lipinski definition) is 4. The Bertz CT molecular complexity index is 783. The SMILES string of the molecule is O=C(NCc1ccco1)c1cc2c(s1)-c1ccsc1CC2. The zero-order valence-electron chi connectivity index (χ0n) is 11.2. The Morgan fingerprint density at radius 2 is 2.29 bits per heavy atom. The van der Waals surface area contributed by atoms with Gasteiger partial charge in [0.1, 0.15) is 5.76 Å². The fraction of sp³-hybridized carbons (Fsp3) is 0.188. The lowest BCUT2D eigenvalue weighted by Crippen LogP contribution is -2.21. The van der Waals surface area contributed by atoms with Gasteiger partial charge in [0.15, 0.2) is 0 Å². The summed E-state index contributed by atoms with van der Waals surface area (Å²) in [6.45, 7) is 0.429. The number of carbonyl (C=O) groups is 1. The third-order valence-electron chi connectivity index (χ3n) is 3.65. The van der Waals surface area contributed by atoms with Gasteiger partial charge in [-0.05, 0) is 48.1 Å². The molecule has 0 radical (unpaired) electrons. The maximum atomic E-state index is 12.3. The molecule has 0 saturated heterocycles. The Kier molecular flexibility index (Phi) is 3.16. The smallest absolute Gasteiger partial charge is 0.261 e. The molecule has 1 N–H and O–H groups in total. The summed E-state index contributed by atoms with van der Waals surface area (Å²) in [5, 5.41) is 5.04. The highest BCUT2D eigenvalue weighted by molar-refractivity contribution is 7.18. The minimum atomic E-state index is -0.0254. The first kappa shape index (κ1) is 12.9. The summed E-state index contributed by atoms with van der Waals surface area (Å²) in [7, 11) is 0. The van der Waals surface area contributed by atoms with E-state index in [9.17, 15) is 4.79 Å². The van der Waals surface area contributed by atoms with E-state index in [4.69, 9.17) is 4.42 Å². The average molecular weight is 315 g/mol. The summed E-state index contributed by atoms with van der Waals surface area (Å²) < 4.78 is 5.23. The predicted octanol–water partition coefficient (Wildman–Crippen LogP) is 4.10. The zero-order valence-corrected chi connectivity index (χ0v) is 12.9. The van der Waals surface area contributed by atoms with Crippen molar-refractivity contribution in [2.45, 2.75) is 19.4 Å². The van der Waals surface area contributed by atoms with E-state index in [1.807, 2.05) is 29.5 Å². The van der Waals surface area contributed by atoms with Crippen LogP contribution in [0.1, 0.15) is 25.9 Å². The maximum Gasteiger partial charge on any atom is 0.261 e. The Morgan fingerprint density at radius 1 is 1.33 bits per heavy atom. The highest BCUT2D eigenvalue weighted by Gasteiger charge is 2.22. The van der Waals surface area contributed by atoms with E-state index in [0.29, 0.717) is 6.54 Å². The van der Waals surface area contributed by atoms with Crippen LogP contribution in [0.2, 0.25) is 0 Å². The molecule has 0 spiro atoms. The molecule has 0 unspecified atom stereocenters. The van der Waals surface area contributed by atoms with Crippen LogP contribution in [0.3, 0.4) is 0 Å². The van der Waals surface area contributed by atoms with Crippen molar-refractivity contribution in [2.75, 3.05) is 0 Å². The van der Waals surface area contributed by atoms with Crippen LogP contribution in [0, 0.1) is 0 Å². The maximum absolute atomic E-state index is 12.3. The van der Waals surface area contributed by atoms with E-state index >= 15 is 0 Å². The van der Waals surface area contributed by atoms with Gasteiger partial charge in [-0.25, -0.2) is 0 Å². The molecule has 1 amide bonds. The van der Waals surface area contributed by atoms with E-state index in [1.165, 1.54) is 20.9 Å². The molecule has 0 fully saturated rings. The molecular weight excluding hydrogens is 302 g/mol. The summed E-state index contributed by atoms with van der Waals surface area (Å²) in [6.07, 6.45) is 3.73. The van der Waals surface area contributed by atoms with Crippen LogP contribution in [0.15, 0.2) is 40.3 Å². The lowest BCUT2D eigenvalue weighted by Gasteiger charge is -2.10. The number of thiophene rings is 2. The number of nitrogens with one attached hydrogen (secondary N) is 1. The lowest BCUT2D eigenvalue weighted by molar-refractivity contribution is 0.0952. The Morgan fingerprint density at radius 3 is 3.14 bits per heavy atom. The molecule has 3 aromatic heterocycles. The molecule has 21 heavy (non-hydrogen) atoms. The van der Waals surface area contributed by atoms with Gasteiger partial charge in [0.05, 0.1) is 17.7 Å². The van der Waals surface area contributed by atoms with Gasteiger partial charge in [-0.15, -0.1) is 22.7 Å². The Hall–Kier alpha value is -1.85. The number of aryl methyl sites for hydroxylation is 2. The van der Waals surface area contributed by atoms with E-state index in [1.54, 1.807) is 17.6 Å². The van der Waals surface area contributed by atoms with E-state index in [0.717, 1.165) is 23.5 Å². The first-order valence-electron chi connectivity index (χ1n) is 6.81. The second-order valence-corrected chi connectivity index (χ2v) is 7.04. The van der Waals surface area contributed by atoms with Crippen LogP contribution in [-0.2, 0) is 19.4 Å². The predicted molar refractivity (Wildman–Crippen MR) is 84.9 cm³/mol. The molecule has 0 aromatic carbocycles. The Balaban J connectivity index is 1.56. The summed E-state index contributed by atoms with van der Waals surface area (Å²) in [6, 6.07) is 7.89. The quantitative estimate of drug-likeness (QED) is 0.790. The van der Waals surface area contributed by atoms with Gasteiger partial charge in [0.2, 0.25) is 0 Å². The van der Waals surface area contributed by atoms with E-state index in [2.05, 4.69) is 16.8 Å². The number of hydrogen-bond donors (Lipinski definition) is 1. The fourth-order valence-corrected chi connectivity index (χ4v) is 4.74. The van der Waals surface area contributed by atoms with Gasteiger partial charge >= 0.3 is 0 Å². The van der Waals surface area contributed by atoms with Crippen LogP contribution in [0.25, 0.3) is 10.4 Å². The second kappa shape index (κ2) is 5.16. The van der Waals surface area contributed by atoms with Crippen LogP contribution >= 0.6 is 22.7 Å². The van der Waals surface area contributed by atoms with Gasteiger partial charge in [0, 0.05) is 15.3 Å². The third kappa shape index (κ3) is 2.32. The highest BCUT2D eigenvalue weighted by atomic mass is 32.1. The number of rotatable bonds is 3. The summed E-state index contributed by atoms with van der Waals surface area (Å²) in [5.41, 5.74) is 2.62. The van der Waals surface area contributed by atoms with Crippen molar-refractivity contribution in [3.63, 3.8) is 0 Å². The van der Waals surface area contributed by atoms with Gasteiger partial charge in [-0.3, -0.25) is 4.79 Å². The highest BCUT2D eigenvalue weighted by Crippen LogP contribution is 2.41. The van der Waals surface area contributed by atoms with Crippen molar-refractivity contribution < 1.29 is 9.21 Å². The molecule has 3 aromatic rings. The number of furan rings is 1. The zero-order chi connectivity index (χ0) is 14.2. The van der Waals surface area contributed by atoms with Crippen molar-refractivity contribution in [2.24, 2.45) is 0 Å². The van der Waals surface area contributed by atoms with Crippen molar-refractivity contribution >= 4 is 28.6 Å². The summed E-state index contributed by atoms with van der Waals surface area (Å²) in [4.78, 5) is 15.8. The molecule has 0 bridgehead atoms. The number of fused-ring (bicyclic) bond motifs is 3. The lowest BCUT2D eigenvalue weighted by atomic mass is 9.98. The average Bonchev–Trinajstić information content (AvgIpc) is 3.21. The number of amides is 1. The Labute approximate surface area is 130 Å². The normalized spacial score (nSPS) is 12.8. The molecule has 3 nitrogen and oxygen atoms in total. The van der Waals surface area contributed by atoms with Crippen molar-refractivity contribution in [3.05, 3.63) is 57.0 Å². The minimum absolute atomic E-state index is 0.0254. The summed E-state index contributed by atoms with van der Waals surface area (Å²) >= 11 is 3.40. The van der Waals surface area contributed by atoms with Crippen molar-refractivity contribution in [1.82, 2.24) is 5.32 Å². The van der Waals surface area contributed by atoms with E-state index in [-0.39, 0.29) is 5.91 Å². The minimum Gasteiger partial charge on any atom is -0.467 e. The first-order valence-corrected chi connectivity index (χ1v) is 8.51. The van der Waals surface area contributed by atoms with Gasteiger partial charge in [-0.2, -0.15) is 0 Å². The topological polar surface area (TPSA) is 42.2 Å². The van der Waals surface area contributed by atoms with Crippen LogP contribution in [0.5, 0.6) is 0 Å². The van der Waals surface area contributed by atoms with Crippen LogP contribution < -0.4 is 5.32 Å². The fourth-order valence-electron chi connectivity index (χ4n) is 2.61. The van der Waals surface area contributed by atoms with Crippen LogP contribution in [-0.4, -0.2) is 5.91 Å². The van der Waals surface area contributed by atoms with Crippen LogP contribution in [0.4, 0.5) is 0 Å². The molecule has 5 heteroatoms. The number of carbonyl (C=O) groups excluding carboxylic acids is 1. The van der Waals surface area contributed by atoms with Gasteiger partial charge < -0.3 is 9.73 Å². The largest absolute Gasteiger partial charge is 0.467 e. The standard InChI is InChI=1S/C16H13NO2S2/c18-16(17-9-11-2-1-6-19-11)14-8-10-3-4-13-12(5-7-20-13)15(10)21-14/h1-2,5-8H,3-4,9H2,(H,17,18). The monoisotopic (exact) mass is 315 g/mol. The van der Waals surface area contributed by atoms with E-state index < -0.39 is 0 Å². The molecule has 106 valence electrons. The molecule has 4 rings (SSSR count). The molecule has 0 saturated carbocycles. The molecule has 3 heterocycles. The molecule has 1 aliphatic carbocycles. The molecule has 1 aliphatic rings. The third-order valence-corrected chi connectivity index (χ3v) is 5.84. The van der Waals surface area contributed by atoms with Crippen molar-refractivity contribution in [1.29, 1.82) is 0 Å². The molecule has 0 atom stereocenters. The molecule has 0 aliphatic heterocycles. The summed E-state index contributed by atoms with van der Waals surface area (Å²) in [5.74, 6) is 0.743. The van der Waals surface area contributed by atoms with Gasteiger partial charge in [-0.1, -0.05) is 0 Å². The van der Waals surface area contributed by atoms with Crippen molar-refractivity contribution in [3.8, 4) is 10.4 Å². The first-order chi connectivity index (χ1) is 10.3. The molecular formula is C16H13NO2S2. The van der Waals surface area contributed by atoms with Gasteiger partial charge in [0.25, 0.3) is 5.91 Å².